The van der Waals surface area contributed by atoms with Gasteiger partial charge < -0.3 is 54.8 Å². The first-order valence-electron chi connectivity index (χ1n) is 50.0. The van der Waals surface area contributed by atoms with Crippen LogP contribution in [0.25, 0.3) is 88.6 Å². The van der Waals surface area contributed by atoms with Gasteiger partial charge in [-0.2, -0.15) is 0 Å². The van der Waals surface area contributed by atoms with Crippen LogP contribution in [0, 0.1) is 58.9 Å². The molecule has 4 fully saturated rings. The third kappa shape index (κ3) is 22.3. The minimum atomic E-state index is -0.647. The molecule has 4 aliphatic heterocycles. The number of amides is 5. The molecule has 12 aromatic rings. The second kappa shape index (κ2) is 41.8. The number of nitrogens with zero attached hydrogens (tertiary/aromatic N) is 12. The molecule has 26 nitrogen and oxygen atoms in total. The van der Waals surface area contributed by atoms with Crippen molar-refractivity contribution in [2.24, 2.45) is 41.4 Å². The number of halogens is 7. The van der Waals surface area contributed by atoms with Crippen LogP contribution < -0.4 is 26.6 Å². The Bertz CT molecular complexity index is 6980. The van der Waals surface area contributed by atoms with E-state index in [2.05, 4.69) is 141 Å². The number of rotatable bonds is 22. The highest BCUT2D eigenvalue weighted by atomic mass is 35.5. The van der Waals surface area contributed by atoms with Crippen molar-refractivity contribution in [2.45, 2.75) is 297 Å². The van der Waals surface area contributed by atoms with E-state index < -0.39 is 23.6 Å². The molecule has 4 saturated carbocycles. The summed E-state index contributed by atoms with van der Waals surface area (Å²) in [5.41, 5.74) is 10.4. The number of aliphatic hydroxyl groups is 1. The van der Waals surface area contributed by atoms with E-state index in [9.17, 15) is 43.5 Å². The maximum atomic E-state index is 15.2. The van der Waals surface area contributed by atoms with Crippen LogP contribution in [0.2, 0.25) is 20.1 Å². The first kappa shape index (κ1) is 102. The number of fused-ring (bicyclic) bond motifs is 12. The van der Waals surface area contributed by atoms with Crippen molar-refractivity contribution in [1.29, 1.82) is 0 Å². The number of aryl methyl sites for hydroxylation is 4. The van der Waals surface area contributed by atoms with Gasteiger partial charge in [0.2, 0.25) is 29.5 Å². The van der Waals surface area contributed by atoms with Crippen molar-refractivity contribution in [1.82, 2.24) is 63.5 Å². The van der Waals surface area contributed by atoms with Crippen molar-refractivity contribution in [3.63, 3.8) is 0 Å². The molecule has 0 spiro atoms. The van der Waals surface area contributed by atoms with Gasteiger partial charge in [-0.1, -0.05) is 78.7 Å². The molecule has 0 radical (unpaired) electrons. The molecule has 748 valence electrons. The average molecular weight is 2020 g/mol. The van der Waals surface area contributed by atoms with Gasteiger partial charge in [-0.25, -0.2) is 53.0 Å². The van der Waals surface area contributed by atoms with Gasteiger partial charge in [0.1, 0.15) is 80.5 Å². The van der Waals surface area contributed by atoms with Crippen molar-refractivity contribution < 1.29 is 56.6 Å². The van der Waals surface area contributed by atoms with Crippen LogP contribution >= 0.6 is 46.4 Å². The highest BCUT2D eigenvalue weighted by Crippen LogP contribution is 2.47. The zero-order valence-corrected chi connectivity index (χ0v) is 85.6. The fraction of sp³-hybridized carbons (Fsp3) is 0.486. The lowest BCUT2D eigenvalue weighted by Gasteiger charge is -2.28. The Hall–Kier alpha value is -11.4. The fourth-order valence-corrected chi connectivity index (χ4v) is 23.9. The maximum Gasteiger partial charge on any atom is 0.228 e. The van der Waals surface area contributed by atoms with Crippen LogP contribution in [0.5, 0.6) is 0 Å². The zero-order valence-electron chi connectivity index (χ0n) is 82.5. The van der Waals surface area contributed by atoms with E-state index in [4.69, 9.17) is 51.4 Å². The predicted molar refractivity (Wildman–Crippen MR) is 549 cm³/mol. The summed E-state index contributed by atoms with van der Waals surface area (Å²) in [6.45, 7) is 23.9. The third-order valence-corrected chi connectivity index (χ3v) is 31.4. The zero-order chi connectivity index (χ0) is 101. The third-order valence-electron chi connectivity index (χ3n) is 30.2. The molecule has 9 atom stereocenters. The Morgan fingerprint density at radius 2 is 0.732 bits per heavy atom. The van der Waals surface area contributed by atoms with Gasteiger partial charge in [0.25, 0.3) is 0 Å². The Balaban J connectivity index is 0.000000130. The number of aromatic nitrogens is 12. The van der Waals surface area contributed by atoms with Gasteiger partial charge in [-0.3, -0.25) is 33.6 Å². The summed E-state index contributed by atoms with van der Waals surface area (Å²) in [5, 5.41) is 25.7. The first-order valence-corrected chi connectivity index (χ1v) is 51.5. The number of benzene rings is 4. The average Bonchev–Trinajstić information content (AvgIpc) is 1.59. The molecule has 2 unspecified atom stereocenters. The van der Waals surface area contributed by atoms with E-state index >= 15 is 13.2 Å². The summed E-state index contributed by atoms with van der Waals surface area (Å²) in [4.78, 5) is 134. The van der Waals surface area contributed by atoms with E-state index in [1.165, 1.54) is 43.7 Å². The highest BCUT2D eigenvalue weighted by molar-refractivity contribution is 6.35. The molecule has 5 amide bonds. The second-order valence-electron chi connectivity index (χ2n) is 42.9. The number of carbonyl (C=O) groups is 8. The van der Waals surface area contributed by atoms with Gasteiger partial charge in [0, 0.05) is 164 Å². The summed E-state index contributed by atoms with van der Waals surface area (Å²) in [6, 6.07) is 23.2. The number of ketones is 3. The smallest absolute Gasteiger partial charge is 0.228 e. The van der Waals surface area contributed by atoms with E-state index in [1.807, 2.05) is 43.3 Å². The molecule has 12 heterocycles. The lowest BCUT2D eigenvalue weighted by atomic mass is 9.78. The lowest BCUT2D eigenvalue weighted by Crippen LogP contribution is -2.31. The molecule has 20 rings (SSSR count). The van der Waals surface area contributed by atoms with Crippen molar-refractivity contribution >= 4 is 161 Å². The number of imidazole rings is 4. The summed E-state index contributed by atoms with van der Waals surface area (Å²) < 4.78 is 54.1. The summed E-state index contributed by atoms with van der Waals surface area (Å²) in [7, 11) is 0. The Morgan fingerprint density at radius 3 is 1.08 bits per heavy atom. The number of carbonyl (C=O) groups excluding carboxylic acids is 8. The molecule has 142 heavy (non-hydrogen) atoms. The maximum absolute atomic E-state index is 15.2. The molecule has 33 heteroatoms. The standard InChI is InChI=1S/C29H34ClFN4O3.C28H32ClFN4O2.C27H30ClFN4O2.C25H28ClN5O2/c1-16(36)9-20(37)11-17-5-4-6-18(10-17)28(38)33-25-14-21(22(30)15-32-25)19-12-23(31)27-24(13-19)35-26(34-27)7-8-29(35,2)3;1-4-19(35)11-16-6-5-7-17(10-16)27(36)32-24-14-20(21(29)15-31-24)18-12-22(30)26-23(13-18)34-25(33-26)8-9-28(34,2)3;1-15(34)9-16-5-4-6-17(10-16)26(35)31-23-13-19(20(28)14-30-23)18-11-21(29)25-22(12-18)33-24(32-25)7-8-27(33,2)3;1-14(32)28-17-6-4-16(10-17)24(33)30-22-12-18(19(26)13-27-22)15-5-7-20-21(11-15)31-23(29-20)8-9-25(31,2)3/h12-18,36H,4-11H2,1-3H3,(H,32,33,38);12-17H,4-11H2,1-3H3,(H,31,32,36);11-14,16-17H,4-10H2,1-3H3,(H,30,31,35);5,7,11-13,16-17H,4,6,8-10H2,1-3H3,(H,28,32)(H,27,30,33)/t16?,17-,18+;16-,17+;16-,17-;16-,17?/m1100/s1. The van der Waals surface area contributed by atoms with Gasteiger partial charge in [-0.05, 0) is 285 Å². The number of aliphatic hydroxyl groups excluding tert-OH is 1. The summed E-state index contributed by atoms with van der Waals surface area (Å²) >= 11 is 26.0. The fourth-order valence-electron chi connectivity index (χ4n) is 23.0. The van der Waals surface area contributed by atoms with Crippen LogP contribution in [-0.2, 0) is 86.2 Å². The topological polar surface area (TPSA) is 340 Å². The normalized spacial score (nSPS) is 21.2. The first-order chi connectivity index (χ1) is 67.5. The van der Waals surface area contributed by atoms with Crippen LogP contribution in [0.4, 0.5) is 36.4 Å². The molecule has 4 aliphatic carbocycles. The lowest BCUT2D eigenvalue weighted by molar-refractivity contribution is -0.124. The van der Waals surface area contributed by atoms with E-state index in [0.717, 1.165) is 184 Å². The Labute approximate surface area is 844 Å². The van der Waals surface area contributed by atoms with Crippen LogP contribution in [0.15, 0.2) is 104 Å². The summed E-state index contributed by atoms with van der Waals surface area (Å²) in [5.74, 6) is 4.11. The SMILES string of the molecule is CC(=O)C[C@@H]1CCC[C@H](C(=O)Nc2cc(-c3cc(F)c4nc5n(c4c3)C(C)(C)CC5)c(Cl)cn2)C1.CC(=O)NC1CC[C@H](C(=O)Nc2cc(-c3ccc4nc5n(c4c3)C(C)(C)CC5)c(Cl)cn2)C1.CC(O)CC(=O)C[C@@H]1CCC[C@H](C(=O)Nc2cc(-c3cc(F)c4nc5n(c4c3)C(C)(C)CC5)c(Cl)cn2)C1.CCC(=O)C[C@@H]1CCC[C@H](C(=O)Nc2cc(-c3cc(F)c4nc5n(c4c3)C(C)(C)CC5)c(Cl)cn2)C1. The van der Waals surface area contributed by atoms with Crippen LogP contribution in [0.3, 0.4) is 0 Å². The number of hydrogen-bond acceptors (Lipinski definition) is 17. The Morgan fingerprint density at radius 1 is 0.408 bits per heavy atom. The molecule has 4 aromatic carbocycles. The monoisotopic (exact) mass is 2010 g/mol. The van der Waals surface area contributed by atoms with Gasteiger partial charge >= 0.3 is 0 Å². The summed E-state index contributed by atoms with van der Waals surface area (Å²) in [6.07, 6.45) is 27.1. The molecule has 0 bridgehead atoms. The van der Waals surface area contributed by atoms with Crippen molar-refractivity contribution in [3.8, 4) is 44.5 Å². The minimum absolute atomic E-state index is 0.0280. The number of nitrogens with one attached hydrogen (secondary N) is 5. The van der Waals surface area contributed by atoms with Gasteiger partial charge in [0.05, 0.1) is 53.8 Å². The number of hydrogen-bond donors (Lipinski definition) is 6. The quantitative estimate of drug-likeness (QED) is 0.0367. The molecule has 6 N–H and O–H groups in total. The second-order valence-corrected chi connectivity index (χ2v) is 44.6. The molecule has 8 aromatic heterocycles. The predicted octanol–water partition coefficient (Wildman–Crippen LogP) is 23.7. The van der Waals surface area contributed by atoms with Crippen LogP contribution in [-0.4, -0.2) is 122 Å². The highest BCUT2D eigenvalue weighted by Gasteiger charge is 2.41. The van der Waals surface area contributed by atoms with Crippen molar-refractivity contribution in [2.75, 3.05) is 21.3 Å². The Kier molecular flexibility index (Phi) is 30.0. The van der Waals surface area contributed by atoms with Crippen LogP contribution in [0.1, 0.15) is 260 Å². The van der Waals surface area contributed by atoms with E-state index in [1.54, 1.807) is 38.2 Å². The van der Waals surface area contributed by atoms with Gasteiger partial charge in [-0.15, -0.1) is 0 Å². The molecular formula is C109H124Cl4F3N17O9. The minimum Gasteiger partial charge on any atom is -0.393 e. The number of pyridine rings is 4. The van der Waals surface area contributed by atoms with Crippen molar-refractivity contribution in [3.05, 3.63) is 164 Å². The number of anilines is 4. The largest absolute Gasteiger partial charge is 0.393 e. The van der Waals surface area contributed by atoms with E-state index in [-0.39, 0.29) is 123 Å². The van der Waals surface area contributed by atoms with Gasteiger partial charge in [0.15, 0.2) is 17.5 Å². The molecule has 8 aliphatic rings. The molecule has 0 saturated heterocycles. The van der Waals surface area contributed by atoms with E-state index in [0.29, 0.717) is 145 Å². The number of Topliss-reactive ketones (excluding diaryl/α,β-unsaturated/α-hetero) is 3. The molecular weight excluding hydrogens is 1890 g/mol.